The molecule has 0 radical (unpaired) electrons. The van der Waals surface area contributed by atoms with Crippen LogP contribution < -0.4 is 5.43 Å². The Hall–Kier alpha value is -0.470. The monoisotopic (exact) mass is 218 g/mol. The van der Waals surface area contributed by atoms with Gasteiger partial charge in [0.05, 0.1) is 11.9 Å². The Morgan fingerprint density at radius 1 is 1.23 bits per heavy atom. The lowest BCUT2D eigenvalue weighted by Gasteiger charge is -2.11. The van der Waals surface area contributed by atoms with Crippen LogP contribution in [0.2, 0.25) is 0 Å². The van der Waals surface area contributed by atoms with Gasteiger partial charge in [-0.25, -0.2) is 0 Å². The van der Waals surface area contributed by atoms with Crippen molar-refractivity contribution in [3.63, 3.8) is 0 Å². The lowest BCUT2D eigenvalue weighted by molar-refractivity contribution is 0.868. The zero-order chi connectivity index (χ0) is 10.0. The van der Waals surface area contributed by atoms with Crippen molar-refractivity contribution in [2.75, 3.05) is 0 Å². The highest BCUT2D eigenvalue weighted by Gasteiger charge is 2.14. The van der Waals surface area contributed by atoms with Crippen LogP contribution in [-0.4, -0.2) is 11.1 Å². The molecule has 0 unspecified atom stereocenters. The molecule has 72 valence electrons. The number of rotatable bonds is 1. The number of hydrazone groups is 1. The van der Waals surface area contributed by atoms with E-state index >= 15 is 0 Å². The quantitative estimate of drug-likeness (QED) is 0.673. The van der Waals surface area contributed by atoms with Gasteiger partial charge in [0.1, 0.15) is 4.84 Å². The molecule has 0 atom stereocenters. The van der Waals surface area contributed by atoms with Crippen molar-refractivity contribution in [2.24, 2.45) is 5.10 Å². The summed E-state index contributed by atoms with van der Waals surface area (Å²) in [5.74, 6) is 0. The number of allylic oxidation sites excluding steroid dienone is 4. The number of nitrogens with zero attached hydrogens (tertiary/aromatic N) is 1. The second-order valence-corrected chi connectivity index (χ2v) is 4.11. The van der Waals surface area contributed by atoms with E-state index in [1.807, 2.05) is 20.8 Å². The Morgan fingerprint density at radius 2 is 1.85 bits per heavy atom. The molecule has 0 bridgehead atoms. The van der Waals surface area contributed by atoms with E-state index in [0.717, 1.165) is 22.4 Å². The molecule has 1 rings (SSSR count). The highest BCUT2D eigenvalue weighted by atomic mass is 35.5. The molecule has 0 aliphatic carbocycles. The van der Waals surface area contributed by atoms with Gasteiger partial charge in [0.2, 0.25) is 0 Å². The van der Waals surface area contributed by atoms with Crippen LogP contribution in [0.25, 0.3) is 0 Å². The van der Waals surface area contributed by atoms with Crippen LogP contribution >= 0.6 is 23.2 Å². The largest absolute Gasteiger partial charge is 0.280 e. The minimum atomic E-state index is -0.557. The van der Waals surface area contributed by atoms with Crippen molar-refractivity contribution in [1.29, 1.82) is 0 Å². The van der Waals surface area contributed by atoms with Gasteiger partial charge in [-0.05, 0) is 37.5 Å². The van der Waals surface area contributed by atoms with Crippen molar-refractivity contribution in [2.45, 2.75) is 25.6 Å². The first-order valence-corrected chi connectivity index (χ1v) is 4.87. The second-order valence-electron chi connectivity index (χ2n) is 3.02. The Kier molecular flexibility index (Phi) is 3.40. The molecule has 0 saturated heterocycles. The molecule has 0 aromatic rings. The minimum Gasteiger partial charge on any atom is -0.280 e. The zero-order valence-corrected chi connectivity index (χ0v) is 9.37. The predicted molar refractivity (Wildman–Crippen MR) is 58.2 cm³/mol. The maximum atomic E-state index is 5.79. The summed E-state index contributed by atoms with van der Waals surface area (Å²) in [6, 6.07) is 0. The average molecular weight is 219 g/mol. The lowest BCUT2D eigenvalue weighted by Crippen LogP contribution is -2.13. The standard InChI is InChI=1S/C9H12Cl2N2/c1-5-4-12-13-8(9(10)11)7(3)6(5)2/h4,9,13H,1-3H3. The van der Waals surface area contributed by atoms with Gasteiger partial charge in [-0.15, -0.1) is 0 Å². The van der Waals surface area contributed by atoms with E-state index in [1.54, 1.807) is 6.21 Å². The molecule has 0 aromatic carbocycles. The first-order valence-electron chi connectivity index (χ1n) is 4.00. The van der Waals surface area contributed by atoms with Gasteiger partial charge in [-0.2, -0.15) is 5.10 Å². The molecule has 13 heavy (non-hydrogen) atoms. The van der Waals surface area contributed by atoms with Crippen LogP contribution in [0.4, 0.5) is 0 Å². The predicted octanol–water partition coefficient (Wildman–Crippen LogP) is 2.99. The fourth-order valence-electron chi connectivity index (χ4n) is 1.09. The Bertz CT molecular complexity index is 301. The van der Waals surface area contributed by atoms with E-state index in [4.69, 9.17) is 23.2 Å². The number of hydrogen-bond donors (Lipinski definition) is 1. The summed E-state index contributed by atoms with van der Waals surface area (Å²) in [4.78, 5) is -0.557. The van der Waals surface area contributed by atoms with Gasteiger partial charge in [-0.3, -0.25) is 5.43 Å². The van der Waals surface area contributed by atoms with Crippen LogP contribution in [0.15, 0.2) is 27.5 Å². The zero-order valence-electron chi connectivity index (χ0n) is 7.86. The third-order valence-electron chi connectivity index (χ3n) is 2.22. The SMILES string of the molecule is CC1=C(C)C(C)=C(C(Cl)Cl)NN=C1. The van der Waals surface area contributed by atoms with Gasteiger partial charge in [0.25, 0.3) is 0 Å². The molecular weight excluding hydrogens is 207 g/mol. The lowest BCUT2D eigenvalue weighted by atomic mass is 10.0. The van der Waals surface area contributed by atoms with Gasteiger partial charge in [0.15, 0.2) is 0 Å². The molecule has 4 heteroatoms. The fourth-order valence-corrected chi connectivity index (χ4v) is 1.51. The molecule has 1 heterocycles. The van der Waals surface area contributed by atoms with E-state index in [0.29, 0.717) is 0 Å². The number of alkyl halides is 2. The molecule has 1 aliphatic heterocycles. The van der Waals surface area contributed by atoms with Crippen molar-refractivity contribution in [3.8, 4) is 0 Å². The van der Waals surface area contributed by atoms with Crippen LogP contribution in [0.5, 0.6) is 0 Å². The number of hydrogen-bond acceptors (Lipinski definition) is 2. The molecule has 0 spiro atoms. The van der Waals surface area contributed by atoms with E-state index < -0.39 is 4.84 Å². The van der Waals surface area contributed by atoms with Crippen LogP contribution in [0.1, 0.15) is 20.8 Å². The highest BCUT2D eigenvalue weighted by molar-refractivity contribution is 6.46. The van der Waals surface area contributed by atoms with E-state index in [9.17, 15) is 0 Å². The van der Waals surface area contributed by atoms with Crippen molar-refractivity contribution in [1.82, 2.24) is 5.43 Å². The normalized spacial score (nSPS) is 18.0. The summed E-state index contributed by atoms with van der Waals surface area (Å²) in [6.07, 6.45) is 1.77. The summed E-state index contributed by atoms with van der Waals surface area (Å²) < 4.78 is 0. The summed E-state index contributed by atoms with van der Waals surface area (Å²) in [6.45, 7) is 6.01. The fraction of sp³-hybridized carbons (Fsp3) is 0.444. The maximum absolute atomic E-state index is 5.79. The first kappa shape index (κ1) is 10.6. The smallest absolute Gasteiger partial charge is 0.149 e. The summed E-state index contributed by atoms with van der Waals surface area (Å²) in [5, 5.41) is 4.00. The van der Waals surface area contributed by atoms with Gasteiger partial charge in [0, 0.05) is 0 Å². The number of halogens is 2. The summed E-state index contributed by atoms with van der Waals surface area (Å²) in [5.41, 5.74) is 6.94. The molecular formula is C9H12Cl2N2. The molecule has 1 aliphatic rings. The van der Waals surface area contributed by atoms with Crippen molar-refractivity contribution in [3.05, 3.63) is 22.4 Å². The molecule has 0 amide bonds. The topological polar surface area (TPSA) is 24.4 Å². The third-order valence-corrected chi connectivity index (χ3v) is 2.66. The van der Waals surface area contributed by atoms with Crippen LogP contribution in [0.3, 0.4) is 0 Å². The second kappa shape index (κ2) is 4.16. The van der Waals surface area contributed by atoms with Gasteiger partial charge in [-0.1, -0.05) is 23.2 Å². The Balaban J connectivity index is 3.16. The summed E-state index contributed by atoms with van der Waals surface area (Å²) >= 11 is 11.6. The van der Waals surface area contributed by atoms with Crippen molar-refractivity contribution >= 4 is 29.4 Å². The molecule has 0 saturated carbocycles. The van der Waals surface area contributed by atoms with Gasteiger partial charge >= 0.3 is 0 Å². The minimum absolute atomic E-state index is 0.557. The van der Waals surface area contributed by atoms with Crippen LogP contribution in [0, 0.1) is 0 Å². The molecule has 0 aromatic heterocycles. The summed E-state index contributed by atoms with van der Waals surface area (Å²) in [7, 11) is 0. The Labute approximate surface area is 88.3 Å². The highest BCUT2D eigenvalue weighted by Crippen LogP contribution is 2.23. The van der Waals surface area contributed by atoms with E-state index in [2.05, 4.69) is 10.5 Å². The molecule has 2 nitrogen and oxygen atoms in total. The van der Waals surface area contributed by atoms with E-state index in [-0.39, 0.29) is 0 Å². The van der Waals surface area contributed by atoms with Gasteiger partial charge < -0.3 is 0 Å². The molecule has 0 fully saturated rings. The van der Waals surface area contributed by atoms with Crippen LogP contribution in [-0.2, 0) is 0 Å². The first-order chi connectivity index (χ1) is 6.04. The van der Waals surface area contributed by atoms with E-state index in [1.165, 1.54) is 0 Å². The maximum Gasteiger partial charge on any atom is 0.149 e. The Morgan fingerprint density at radius 3 is 2.38 bits per heavy atom. The number of nitrogens with one attached hydrogen (secondary N) is 1. The average Bonchev–Trinajstić information content (AvgIpc) is 2.18. The molecule has 1 N–H and O–H groups in total. The third kappa shape index (κ3) is 2.26. The van der Waals surface area contributed by atoms with Crippen molar-refractivity contribution < 1.29 is 0 Å².